The predicted octanol–water partition coefficient (Wildman–Crippen LogP) is 4.73. The number of halogens is 1. The van der Waals surface area contributed by atoms with Crippen LogP contribution in [0.4, 0.5) is 0 Å². The highest BCUT2D eigenvalue weighted by atomic mass is 35.5. The molecule has 0 bridgehead atoms. The fourth-order valence-corrected chi connectivity index (χ4v) is 3.42. The molecule has 0 spiro atoms. The molecule has 1 aromatic carbocycles. The van der Waals surface area contributed by atoms with Crippen molar-refractivity contribution < 1.29 is 0 Å². The molecule has 2 N–H and O–H groups in total. The summed E-state index contributed by atoms with van der Waals surface area (Å²) >= 11 is 6.08. The van der Waals surface area contributed by atoms with Crippen molar-refractivity contribution in [2.24, 2.45) is 17.6 Å². The van der Waals surface area contributed by atoms with E-state index in [4.69, 9.17) is 17.3 Å². The normalized spacial score (nSPS) is 27.8. The maximum Gasteiger partial charge on any atom is 0.0410 e. The lowest BCUT2D eigenvalue weighted by molar-refractivity contribution is 0.183. The third-order valence-corrected chi connectivity index (χ3v) is 4.95. The molecule has 2 rings (SSSR count). The number of hydrogen-bond donors (Lipinski definition) is 1. The average molecular weight is 266 g/mol. The van der Waals surface area contributed by atoms with Gasteiger partial charge in [0, 0.05) is 10.6 Å². The van der Waals surface area contributed by atoms with Gasteiger partial charge in [-0.25, -0.2) is 0 Å². The summed E-state index contributed by atoms with van der Waals surface area (Å²) < 4.78 is 0. The highest BCUT2D eigenvalue weighted by Gasteiger charge is 2.34. The number of rotatable bonds is 3. The highest BCUT2D eigenvalue weighted by Crippen LogP contribution is 2.40. The second kappa shape index (κ2) is 5.63. The van der Waals surface area contributed by atoms with Gasteiger partial charge in [-0.1, -0.05) is 49.9 Å². The molecule has 1 nitrogen and oxygen atoms in total. The minimum Gasteiger partial charge on any atom is -0.321 e. The van der Waals surface area contributed by atoms with Crippen molar-refractivity contribution in [3.63, 3.8) is 0 Å². The molecule has 0 aromatic heterocycles. The molecule has 1 unspecified atom stereocenters. The molecular weight excluding hydrogens is 242 g/mol. The number of nitrogens with two attached hydrogens (primary N) is 1. The van der Waals surface area contributed by atoms with E-state index in [1.54, 1.807) is 0 Å². The van der Waals surface area contributed by atoms with Crippen LogP contribution < -0.4 is 5.73 Å². The Morgan fingerprint density at radius 1 is 1.28 bits per heavy atom. The van der Waals surface area contributed by atoms with E-state index in [-0.39, 0.29) is 5.54 Å². The van der Waals surface area contributed by atoms with E-state index < -0.39 is 0 Å². The molecule has 1 aliphatic rings. The van der Waals surface area contributed by atoms with Crippen LogP contribution in [0.15, 0.2) is 24.3 Å². The van der Waals surface area contributed by atoms with Crippen LogP contribution >= 0.6 is 11.6 Å². The van der Waals surface area contributed by atoms with Gasteiger partial charge in [0.25, 0.3) is 0 Å². The first kappa shape index (κ1) is 13.9. The zero-order valence-electron chi connectivity index (χ0n) is 11.5. The SMILES string of the molecule is CCC1CCC(C(C)(N)c2cccc(Cl)c2)CC1. The van der Waals surface area contributed by atoms with Crippen LogP contribution in [0.3, 0.4) is 0 Å². The van der Waals surface area contributed by atoms with Crippen molar-refractivity contribution in [3.05, 3.63) is 34.9 Å². The quantitative estimate of drug-likeness (QED) is 0.840. The van der Waals surface area contributed by atoms with Crippen LogP contribution in [0.1, 0.15) is 51.5 Å². The summed E-state index contributed by atoms with van der Waals surface area (Å²) in [5.74, 6) is 1.50. The molecule has 1 fully saturated rings. The second-order valence-corrected chi connectivity index (χ2v) is 6.36. The van der Waals surface area contributed by atoms with Gasteiger partial charge >= 0.3 is 0 Å². The second-order valence-electron chi connectivity index (χ2n) is 5.92. The molecule has 0 saturated heterocycles. The Bertz CT molecular complexity index is 392. The van der Waals surface area contributed by atoms with E-state index in [0.717, 1.165) is 10.9 Å². The lowest BCUT2D eigenvalue weighted by atomic mass is 9.70. The van der Waals surface area contributed by atoms with E-state index in [0.29, 0.717) is 5.92 Å². The summed E-state index contributed by atoms with van der Waals surface area (Å²) in [6.07, 6.45) is 6.46. The van der Waals surface area contributed by atoms with Gasteiger partial charge in [-0.3, -0.25) is 0 Å². The van der Waals surface area contributed by atoms with Gasteiger partial charge < -0.3 is 5.73 Å². The zero-order valence-corrected chi connectivity index (χ0v) is 12.2. The number of hydrogen-bond acceptors (Lipinski definition) is 1. The monoisotopic (exact) mass is 265 g/mol. The van der Waals surface area contributed by atoms with Crippen molar-refractivity contribution in [1.82, 2.24) is 0 Å². The molecular formula is C16H24ClN. The van der Waals surface area contributed by atoms with Gasteiger partial charge in [-0.05, 0) is 49.3 Å². The Morgan fingerprint density at radius 2 is 1.94 bits per heavy atom. The van der Waals surface area contributed by atoms with Crippen molar-refractivity contribution >= 4 is 11.6 Å². The van der Waals surface area contributed by atoms with Crippen molar-refractivity contribution in [2.75, 3.05) is 0 Å². The molecule has 0 radical (unpaired) electrons. The first-order valence-corrected chi connectivity index (χ1v) is 7.46. The zero-order chi connectivity index (χ0) is 13.2. The van der Waals surface area contributed by atoms with Crippen LogP contribution in [0.5, 0.6) is 0 Å². The van der Waals surface area contributed by atoms with E-state index >= 15 is 0 Å². The van der Waals surface area contributed by atoms with E-state index in [9.17, 15) is 0 Å². The minimum atomic E-state index is -0.246. The largest absolute Gasteiger partial charge is 0.321 e. The summed E-state index contributed by atoms with van der Waals surface area (Å²) in [7, 11) is 0. The summed E-state index contributed by atoms with van der Waals surface area (Å²) in [5.41, 5.74) is 7.54. The average Bonchev–Trinajstić information content (AvgIpc) is 2.39. The van der Waals surface area contributed by atoms with Crippen LogP contribution in [0, 0.1) is 11.8 Å². The Kier molecular flexibility index (Phi) is 4.34. The first-order chi connectivity index (χ1) is 8.54. The maximum absolute atomic E-state index is 6.61. The minimum absolute atomic E-state index is 0.246. The molecule has 1 aliphatic carbocycles. The van der Waals surface area contributed by atoms with Gasteiger partial charge in [-0.2, -0.15) is 0 Å². The molecule has 100 valence electrons. The summed E-state index contributed by atoms with van der Waals surface area (Å²) in [5, 5.41) is 0.784. The van der Waals surface area contributed by atoms with Crippen LogP contribution in [-0.2, 0) is 5.54 Å². The van der Waals surface area contributed by atoms with Gasteiger partial charge in [0.1, 0.15) is 0 Å². The Balaban J connectivity index is 2.11. The Morgan fingerprint density at radius 3 is 2.50 bits per heavy atom. The summed E-state index contributed by atoms with van der Waals surface area (Å²) in [6.45, 7) is 4.46. The lowest BCUT2D eigenvalue weighted by Gasteiger charge is -2.39. The van der Waals surface area contributed by atoms with Crippen LogP contribution in [0.25, 0.3) is 0 Å². The van der Waals surface area contributed by atoms with E-state index in [1.807, 2.05) is 18.2 Å². The van der Waals surface area contributed by atoms with Crippen LogP contribution in [0.2, 0.25) is 5.02 Å². The molecule has 1 atom stereocenters. The Labute approximate surface area is 116 Å². The number of benzene rings is 1. The standard InChI is InChI=1S/C16H24ClN/c1-3-12-7-9-13(10-8-12)16(2,18)14-5-4-6-15(17)11-14/h4-6,11-13H,3,7-10,18H2,1-2H3. The fourth-order valence-electron chi connectivity index (χ4n) is 3.23. The van der Waals surface area contributed by atoms with Crippen molar-refractivity contribution in [3.8, 4) is 0 Å². The van der Waals surface area contributed by atoms with Crippen molar-refractivity contribution in [1.29, 1.82) is 0 Å². The first-order valence-electron chi connectivity index (χ1n) is 7.09. The molecule has 2 heteroatoms. The lowest BCUT2D eigenvalue weighted by Crippen LogP contribution is -2.42. The summed E-state index contributed by atoms with van der Waals surface area (Å²) in [6, 6.07) is 8.04. The third-order valence-electron chi connectivity index (χ3n) is 4.72. The molecule has 0 aliphatic heterocycles. The molecule has 1 aromatic rings. The van der Waals surface area contributed by atoms with Gasteiger partial charge in [0.2, 0.25) is 0 Å². The summed E-state index contributed by atoms with van der Waals surface area (Å²) in [4.78, 5) is 0. The maximum atomic E-state index is 6.61. The van der Waals surface area contributed by atoms with E-state index in [1.165, 1.54) is 37.7 Å². The molecule has 0 amide bonds. The molecule has 0 heterocycles. The predicted molar refractivity (Wildman–Crippen MR) is 78.7 cm³/mol. The smallest absolute Gasteiger partial charge is 0.0410 e. The van der Waals surface area contributed by atoms with Crippen molar-refractivity contribution in [2.45, 2.75) is 51.5 Å². The molecule has 18 heavy (non-hydrogen) atoms. The third kappa shape index (κ3) is 2.89. The Hall–Kier alpha value is -0.530. The molecule has 1 saturated carbocycles. The fraction of sp³-hybridized carbons (Fsp3) is 0.625. The van der Waals surface area contributed by atoms with Gasteiger partial charge in [-0.15, -0.1) is 0 Å². The van der Waals surface area contributed by atoms with Crippen LogP contribution in [-0.4, -0.2) is 0 Å². The highest BCUT2D eigenvalue weighted by molar-refractivity contribution is 6.30. The topological polar surface area (TPSA) is 26.0 Å². The van der Waals surface area contributed by atoms with Gasteiger partial charge in [0.05, 0.1) is 0 Å². The van der Waals surface area contributed by atoms with E-state index in [2.05, 4.69) is 19.9 Å². The van der Waals surface area contributed by atoms with Gasteiger partial charge in [0.15, 0.2) is 0 Å².